The van der Waals surface area contributed by atoms with Crippen molar-refractivity contribution < 1.29 is 0 Å². The number of hydrogen-bond donors (Lipinski definition) is 0. The number of benzene rings is 5. The Morgan fingerprint density at radius 3 is 0.545 bits per heavy atom. The van der Waals surface area contributed by atoms with Gasteiger partial charge >= 0.3 is 0 Å². The first-order valence-electron chi connectivity index (χ1n) is 22.2. The molecule has 316 valence electrons. The zero-order valence-electron chi connectivity index (χ0n) is 41.4. The summed E-state index contributed by atoms with van der Waals surface area (Å²) in [7, 11) is 0. The fraction of sp³-hybridized carbons (Fsp3) is 0.455. The molecule has 0 aromatic heterocycles. The SMILES string of the molecule is CC.CC.CC.CC.CC.CC.CC.CC.CC.CC.Cc1ccc2c(c1)C(C)(C)c1cc(C)ccc1-2.c1ccccc1.c1ccccc1.c1ccccc1. The van der Waals surface area contributed by atoms with Gasteiger partial charge in [-0.2, -0.15) is 0 Å². The Hall–Kier alpha value is -3.90. The highest BCUT2D eigenvalue weighted by molar-refractivity contribution is 5.81. The van der Waals surface area contributed by atoms with Crippen molar-refractivity contribution in [2.45, 2.75) is 172 Å². The second-order valence-corrected chi connectivity index (χ2v) is 9.19. The largest absolute Gasteiger partial charge is 0.0683 e. The topological polar surface area (TPSA) is 0 Å². The van der Waals surface area contributed by atoms with Gasteiger partial charge < -0.3 is 0 Å². The van der Waals surface area contributed by atoms with Crippen molar-refractivity contribution in [1.82, 2.24) is 0 Å². The first kappa shape index (κ1) is 69.0. The molecule has 0 heterocycles. The predicted molar refractivity (Wildman–Crippen MR) is 266 cm³/mol. The lowest BCUT2D eigenvalue weighted by Gasteiger charge is -2.22. The molecule has 0 radical (unpaired) electrons. The Morgan fingerprint density at radius 2 is 0.400 bits per heavy atom. The van der Waals surface area contributed by atoms with Crippen molar-refractivity contribution in [2.24, 2.45) is 0 Å². The molecule has 0 bridgehead atoms. The molecule has 5 aromatic carbocycles. The molecule has 5 aromatic rings. The van der Waals surface area contributed by atoms with E-state index in [0.29, 0.717) is 0 Å². The van der Waals surface area contributed by atoms with Crippen LogP contribution in [0.3, 0.4) is 0 Å². The Bertz CT molecular complexity index is 1050. The molecule has 1 aliphatic rings. The van der Waals surface area contributed by atoms with Gasteiger partial charge in [-0.25, -0.2) is 0 Å². The second kappa shape index (κ2) is 62.1. The summed E-state index contributed by atoms with van der Waals surface area (Å²) in [5.41, 5.74) is 8.60. The summed E-state index contributed by atoms with van der Waals surface area (Å²) < 4.78 is 0. The third-order valence-corrected chi connectivity index (χ3v) is 5.99. The zero-order valence-corrected chi connectivity index (χ0v) is 41.4. The van der Waals surface area contributed by atoms with E-state index in [4.69, 9.17) is 0 Å². The number of hydrogen-bond acceptors (Lipinski definition) is 0. The standard InChI is InChI=1S/C17H18.3C6H6.10C2H6/c1-11-5-7-13-14-8-6-12(2)10-16(14)17(3,4)15(13)9-11;3*1-2-4-6-5-3-1;10*1-2/h5-10H,1-4H3;3*1-6H;10*1-2H3. The third-order valence-electron chi connectivity index (χ3n) is 5.99. The molecular weight excluding hydrogens is 661 g/mol. The van der Waals surface area contributed by atoms with E-state index in [-0.39, 0.29) is 5.41 Å². The van der Waals surface area contributed by atoms with Gasteiger partial charge in [-0.3, -0.25) is 0 Å². The summed E-state index contributed by atoms with van der Waals surface area (Å²) in [5, 5.41) is 0. The Balaban J connectivity index is -0.0000000827. The summed E-state index contributed by atoms with van der Waals surface area (Å²) in [6.07, 6.45) is 0. The minimum Gasteiger partial charge on any atom is -0.0683 e. The van der Waals surface area contributed by atoms with Gasteiger partial charge in [0.25, 0.3) is 0 Å². The molecule has 0 heteroatoms. The van der Waals surface area contributed by atoms with Gasteiger partial charge in [-0.05, 0) is 36.1 Å². The number of aryl methyl sites for hydroxylation is 2. The van der Waals surface area contributed by atoms with E-state index in [1.807, 2.05) is 248 Å². The number of fused-ring (bicyclic) bond motifs is 3. The molecule has 0 nitrogen and oxygen atoms in total. The van der Waals surface area contributed by atoms with E-state index >= 15 is 0 Å². The highest BCUT2D eigenvalue weighted by Crippen LogP contribution is 2.48. The van der Waals surface area contributed by atoms with Gasteiger partial charge in [0.1, 0.15) is 0 Å². The Labute approximate surface area is 349 Å². The third kappa shape index (κ3) is 36.8. The minimum absolute atomic E-state index is 0.142. The monoisotopic (exact) mass is 757 g/mol. The van der Waals surface area contributed by atoms with Crippen LogP contribution in [0.1, 0.15) is 175 Å². The van der Waals surface area contributed by atoms with Crippen LogP contribution >= 0.6 is 0 Å². The molecule has 6 rings (SSSR count). The van der Waals surface area contributed by atoms with Crippen LogP contribution < -0.4 is 0 Å². The van der Waals surface area contributed by atoms with Gasteiger partial charge in [0.15, 0.2) is 0 Å². The van der Waals surface area contributed by atoms with Crippen molar-refractivity contribution in [1.29, 1.82) is 0 Å². The molecule has 0 atom stereocenters. The molecule has 0 aliphatic heterocycles. The summed E-state index contributed by atoms with van der Waals surface area (Å²) in [6, 6.07) is 49.6. The van der Waals surface area contributed by atoms with E-state index in [0.717, 1.165) is 0 Å². The normalized spacial score (nSPS) is 8.51. The van der Waals surface area contributed by atoms with Crippen LogP contribution in [0.4, 0.5) is 0 Å². The van der Waals surface area contributed by atoms with Crippen LogP contribution in [-0.2, 0) is 5.41 Å². The highest BCUT2D eigenvalue weighted by atomic mass is 14.4. The molecular formula is C55H96. The van der Waals surface area contributed by atoms with Crippen LogP contribution in [0.15, 0.2) is 146 Å². The van der Waals surface area contributed by atoms with E-state index in [2.05, 4.69) is 64.1 Å². The average molecular weight is 757 g/mol. The first-order valence-corrected chi connectivity index (χ1v) is 22.2. The molecule has 55 heavy (non-hydrogen) atoms. The molecule has 0 saturated heterocycles. The highest BCUT2D eigenvalue weighted by Gasteiger charge is 2.35. The maximum absolute atomic E-state index is 2.34. The van der Waals surface area contributed by atoms with Crippen LogP contribution in [0.5, 0.6) is 0 Å². The quantitative estimate of drug-likeness (QED) is 0.148. The van der Waals surface area contributed by atoms with Crippen molar-refractivity contribution in [3.8, 4) is 11.1 Å². The van der Waals surface area contributed by atoms with E-state index in [1.165, 1.54) is 33.4 Å². The molecule has 0 amide bonds. The van der Waals surface area contributed by atoms with Gasteiger partial charge in [-0.15, -0.1) is 0 Å². The molecule has 0 saturated carbocycles. The fourth-order valence-electron chi connectivity index (χ4n) is 4.12. The van der Waals surface area contributed by atoms with Crippen LogP contribution in [0.2, 0.25) is 0 Å². The lowest BCUT2D eigenvalue weighted by Crippen LogP contribution is -2.15. The van der Waals surface area contributed by atoms with Crippen LogP contribution in [-0.4, -0.2) is 0 Å². The van der Waals surface area contributed by atoms with Gasteiger partial charge in [-0.1, -0.05) is 309 Å². The first-order chi connectivity index (χ1) is 27.0. The molecule has 0 spiro atoms. The van der Waals surface area contributed by atoms with E-state index < -0.39 is 0 Å². The maximum Gasteiger partial charge on any atom is 0.0159 e. The zero-order chi connectivity index (χ0) is 44.9. The summed E-state index contributed by atoms with van der Waals surface area (Å²) >= 11 is 0. The van der Waals surface area contributed by atoms with E-state index in [1.54, 1.807) is 0 Å². The summed E-state index contributed by atoms with van der Waals surface area (Å²) in [6.45, 7) is 49.0. The molecule has 0 fully saturated rings. The van der Waals surface area contributed by atoms with Crippen molar-refractivity contribution in [3.05, 3.63) is 168 Å². The number of rotatable bonds is 0. The van der Waals surface area contributed by atoms with E-state index in [9.17, 15) is 0 Å². The smallest absolute Gasteiger partial charge is 0.0159 e. The van der Waals surface area contributed by atoms with Gasteiger partial charge in [0, 0.05) is 5.41 Å². The van der Waals surface area contributed by atoms with Crippen molar-refractivity contribution in [3.63, 3.8) is 0 Å². The molecule has 0 N–H and O–H groups in total. The molecule has 1 aliphatic carbocycles. The van der Waals surface area contributed by atoms with Crippen molar-refractivity contribution in [2.75, 3.05) is 0 Å². The van der Waals surface area contributed by atoms with Crippen LogP contribution in [0.25, 0.3) is 11.1 Å². The van der Waals surface area contributed by atoms with Gasteiger partial charge in [0.2, 0.25) is 0 Å². The Morgan fingerprint density at radius 1 is 0.255 bits per heavy atom. The molecule has 0 unspecified atom stereocenters. The second-order valence-electron chi connectivity index (χ2n) is 9.19. The lowest BCUT2D eigenvalue weighted by molar-refractivity contribution is 0.659. The lowest BCUT2D eigenvalue weighted by atomic mass is 9.81. The summed E-state index contributed by atoms with van der Waals surface area (Å²) in [4.78, 5) is 0. The Kier molecular flexibility index (Phi) is 78.0. The van der Waals surface area contributed by atoms with Crippen molar-refractivity contribution >= 4 is 0 Å². The fourth-order valence-corrected chi connectivity index (χ4v) is 4.12. The van der Waals surface area contributed by atoms with Crippen LogP contribution in [0, 0.1) is 13.8 Å². The average Bonchev–Trinajstić information content (AvgIpc) is 3.54. The predicted octanol–water partition coefficient (Wildman–Crippen LogP) is 19.9. The summed E-state index contributed by atoms with van der Waals surface area (Å²) in [5.74, 6) is 0. The maximum atomic E-state index is 2.34. The van der Waals surface area contributed by atoms with Gasteiger partial charge in [0.05, 0.1) is 0 Å². The minimum atomic E-state index is 0.142.